The van der Waals surface area contributed by atoms with E-state index in [1.807, 2.05) is 12.1 Å². The molecule has 0 N–H and O–H groups in total. The highest BCUT2D eigenvalue weighted by Crippen LogP contribution is 1.91. The van der Waals surface area contributed by atoms with Gasteiger partial charge in [0.25, 0.3) is 0 Å². The van der Waals surface area contributed by atoms with Crippen LogP contribution in [0, 0.1) is 0 Å². The first-order valence-electron chi connectivity index (χ1n) is 5.55. The molecule has 0 saturated heterocycles. The van der Waals surface area contributed by atoms with Crippen LogP contribution in [0.15, 0.2) is 41.7 Å². The van der Waals surface area contributed by atoms with Crippen molar-refractivity contribution < 1.29 is 19.1 Å². The van der Waals surface area contributed by atoms with E-state index in [1.165, 1.54) is 7.11 Å². The topological polar surface area (TPSA) is 77.9 Å². The largest absolute Gasteiger partial charge is 0.466 e. The smallest absolute Gasteiger partial charge is 0.331 e. The van der Waals surface area contributed by atoms with E-state index in [0.29, 0.717) is 6.54 Å². The van der Waals surface area contributed by atoms with Crippen LogP contribution >= 0.6 is 0 Å². The molecule has 0 atom stereocenters. The second-order valence-electron chi connectivity index (χ2n) is 3.34. The van der Waals surface area contributed by atoms with Crippen LogP contribution in [0.25, 0.3) is 0 Å². The number of methoxy groups -OCH3 is 1. The average molecular weight is 262 g/mol. The molecule has 0 aliphatic carbocycles. The number of ether oxygens (including phenoxy) is 2. The van der Waals surface area contributed by atoms with Crippen molar-refractivity contribution in [1.82, 2.24) is 4.98 Å². The van der Waals surface area contributed by atoms with Crippen molar-refractivity contribution in [1.29, 1.82) is 0 Å². The van der Waals surface area contributed by atoms with Crippen LogP contribution in [0.3, 0.4) is 0 Å². The number of esters is 2. The van der Waals surface area contributed by atoms with E-state index in [1.54, 1.807) is 18.6 Å². The predicted molar refractivity (Wildman–Crippen MR) is 68.8 cm³/mol. The van der Waals surface area contributed by atoms with E-state index >= 15 is 0 Å². The van der Waals surface area contributed by atoms with Gasteiger partial charge in [-0.3, -0.25) is 9.98 Å². The molecule has 1 aromatic heterocycles. The zero-order valence-corrected chi connectivity index (χ0v) is 10.5. The Morgan fingerprint density at radius 2 is 1.95 bits per heavy atom. The van der Waals surface area contributed by atoms with Crippen LogP contribution in [-0.4, -0.2) is 43.4 Å². The van der Waals surface area contributed by atoms with E-state index in [9.17, 15) is 9.59 Å². The second kappa shape index (κ2) is 8.57. The van der Waals surface area contributed by atoms with Gasteiger partial charge in [0.05, 0.1) is 13.7 Å². The average Bonchev–Trinajstić information content (AvgIpc) is 2.45. The maximum atomic E-state index is 11.1. The third kappa shape index (κ3) is 6.72. The van der Waals surface area contributed by atoms with E-state index in [0.717, 1.165) is 17.7 Å². The van der Waals surface area contributed by atoms with Crippen molar-refractivity contribution in [2.45, 2.75) is 0 Å². The molecule has 0 saturated carbocycles. The van der Waals surface area contributed by atoms with Crippen molar-refractivity contribution in [3.8, 4) is 0 Å². The molecule has 6 heteroatoms. The molecule has 1 rings (SSSR count). The van der Waals surface area contributed by atoms with Crippen LogP contribution in [-0.2, 0) is 19.1 Å². The lowest BCUT2D eigenvalue weighted by Gasteiger charge is -1.98. The first kappa shape index (κ1) is 14.6. The molecule has 0 radical (unpaired) electrons. The molecule has 0 aliphatic rings. The predicted octanol–water partition coefficient (Wildman–Crippen LogP) is 0.773. The fourth-order valence-electron chi connectivity index (χ4n) is 1.07. The second-order valence-corrected chi connectivity index (χ2v) is 3.34. The summed E-state index contributed by atoms with van der Waals surface area (Å²) in [6.45, 7) is 0.492. The zero-order valence-electron chi connectivity index (χ0n) is 10.5. The van der Waals surface area contributed by atoms with Crippen LogP contribution in [0.2, 0.25) is 0 Å². The van der Waals surface area contributed by atoms with Gasteiger partial charge in [0.1, 0.15) is 6.61 Å². The summed E-state index contributed by atoms with van der Waals surface area (Å²) in [5.41, 5.74) is 0.923. The molecule has 0 spiro atoms. The van der Waals surface area contributed by atoms with Crippen molar-refractivity contribution in [3.63, 3.8) is 0 Å². The Kier molecular flexibility index (Phi) is 6.57. The van der Waals surface area contributed by atoms with E-state index in [2.05, 4.69) is 14.7 Å². The van der Waals surface area contributed by atoms with Gasteiger partial charge in [0.2, 0.25) is 0 Å². The molecule has 1 aromatic rings. The molecule has 0 unspecified atom stereocenters. The minimum atomic E-state index is -0.607. The number of pyridine rings is 1. The first-order chi connectivity index (χ1) is 9.22. The fraction of sp³-hybridized carbons (Fsp3) is 0.231. The normalized spacial score (nSPS) is 10.8. The molecule has 0 fully saturated rings. The van der Waals surface area contributed by atoms with Crippen LogP contribution in [0.4, 0.5) is 0 Å². The summed E-state index contributed by atoms with van der Waals surface area (Å²) < 4.78 is 9.15. The van der Waals surface area contributed by atoms with Gasteiger partial charge in [-0.25, -0.2) is 9.59 Å². The van der Waals surface area contributed by atoms with Crippen molar-refractivity contribution >= 4 is 18.2 Å². The molecule has 1 heterocycles. The lowest BCUT2D eigenvalue weighted by atomic mass is 10.3. The number of aliphatic imine (C=N–C) groups is 1. The van der Waals surface area contributed by atoms with Crippen LogP contribution in [0.5, 0.6) is 0 Å². The van der Waals surface area contributed by atoms with Crippen LogP contribution in [0.1, 0.15) is 5.56 Å². The van der Waals surface area contributed by atoms with Crippen molar-refractivity contribution in [3.05, 3.63) is 42.2 Å². The highest BCUT2D eigenvalue weighted by atomic mass is 16.5. The summed E-state index contributed by atoms with van der Waals surface area (Å²) in [6.07, 6.45) is 7.01. The Morgan fingerprint density at radius 3 is 2.63 bits per heavy atom. The molecule has 100 valence electrons. The van der Waals surface area contributed by atoms with Gasteiger partial charge in [0, 0.05) is 30.8 Å². The summed E-state index contributed by atoms with van der Waals surface area (Å²) in [7, 11) is 1.23. The number of rotatable bonds is 6. The van der Waals surface area contributed by atoms with Gasteiger partial charge in [0.15, 0.2) is 0 Å². The summed E-state index contributed by atoms with van der Waals surface area (Å²) in [5, 5.41) is 0. The minimum Gasteiger partial charge on any atom is -0.466 e. The minimum absolute atomic E-state index is 0.145. The van der Waals surface area contributed by atoms with Gasteiger partial charge >= 0.3 is 11.9 Å². The molecule has 0 amide bonds. The third-order valence-electron chi connectivity index (χ3n) is 1.97. The number of carbonyl (C=O) groups excluding carboxylic acids is 2. The Balaban J connectivity index is 2.20. The number of hydrogen-bond donors (Lipinski definition) is 0. The molecular weight excluding hydrogens is 248 g/mol. The van der Waals surface area contributed by atoms with Crippen LogP contribution < -0.4 is 0 Å². The summed E-state index contributed by atoms with van der Waals surface area (Å²) >= 11 is 0. The Hall–Kier alpha value is -2.50. The van der Waals surface area contributed by atoms with Crippen molar-refractivity contribution in [2.75, 3.05) is 20.3 Å². The molecule has 19 heavy (non-hydrogen) atoms. The van der Waals surface area contributed by atoms with Gasteiger partial charge in [-0.15, -0.1) is 0 Å². The molecule has 0 aliphatic heterocycles. The van der Waals surface area contributed by atoms with Crippen molar-refractivity contribution in [2.24, 2.45) is 4.99 Å². The Labute approximate surface area is 110 Å². The summed E-state index contributed by atoms with van der Waals surface area (Å²) in [5.74, 6) is -1.21. The lowest BCUT2D eigenvalue weighted by molar-refractivity contribution is -0.139. The SMILES string of the molecule is COC(=O)/C=C/C(=O)OCC/N=C/c1ccncc1. The highest BCUT2D eigenvalue weighted by Gasteiger charge is 1.98. The number of carbonyl (C=O) groups is 2. The third-order valence-corrected chi connectivity index (χ3v) is 1.97. The fourth-order valence-corrected chi connectivity index (χ4v) is 1.07. The molecular formula is C13H14N2O4. The number of aromatic nitrogens is 1. The maximum Gasteiger partial charge on any atom is 0.331 e. The Morgan fingerprint density at radius 1 is 1.26 bits per heavy atom. The number of nitrogens with zero attached hydrogens (tertiary/aromatic N) is 2. The lowest BCUT2D eigenvalue weighted by Crippen LogP contribution is -2.06. The van der Waals surface area contributed by atoms with Gasteiger partial charge < -0.3 is 9.47 Å². The van der Waals surface area contributed by atoms with Gasteiger partial charge in [-0.05, 0) is 17.7 Å². The summed E-state index contributed by atoms with van der Waals surface area (Å²) in [6, 6.07) is 3.63. The van der Waals surface area contributed by atoms with E-state index < -0.39 is 11.9 Å². The monoisotopic (exact) mass is 262 g/mol. The first-order valence-corrected chi connectivity index (χ1v) is 5.55. The number of hydrogen-bond acceptors (Lipinski definition) is 6. The summed E-state index contributed by atoms with van der Waals surface area (Å²) in [4.78, 5) is 29.8. The maximum absolute atomic E-state index is 11.1. The van der Waals surface area contributed by atoms with Gasteiger partial charge in [-0.2, -0.15) is 0 Å². The highest BCUT2D eigenvalue weighted by molar-refractivity contribution is 5.91. The quantitative estimate of drug-likeness (QED) is 0.327. The molecule has 6 nitrogen and oxygen atoms in total. The molecule has 0 bridgehead atoms. The van der Waals surface area contributed by atoms with E-state index in [4.69, 9.17) is 4.74 Å². The zero-order chi connectivity index (χ0) is 13.9. The van der Waals surface area contributed by atoms with E-state index in [-0.39, 0.29) is 6.61 Å². The van der Waals surface area contributed by atoms with Gasteiger partial charge in [-0.1, -0.05) is 0 Å². The molecule has 0 aromatic carbocycles. The Bertz CT molecular complexity index is 469. The standard InChI is InChI=1S/C13H14N2O4/c1-18-12(16)2-3-13(17)19-9-8-15-10-11-4-6-14-7-5-11/h2-7,10H,8-9H2,1H3/b3-2+,15-10+.